The number of carboxylic acid groups (broad SMARTS) is 1. The minimum absolute atomic E-state index is 0.0882. The Labute approximate surface area is 192 Å². The Morgan fingerprint density at radius 2 is 1.72 bits per heavy atom. The zero-order chi connectivity index (χ0) is 23.3. The molecule has 0 amide bonds. The number of benzene rings is 3. The molecule has 0 heterocycles. The monoisotopic (exact) mass is 468 g/mol. The number of nitriles is 1. The molecule has 3 rings (SSSR count). The molecule has 160 valence electrons. The summed E-state index contributed by atoms with van der Waals surface area (Å²) in [7, 11) is 0. The number of non-ortho nitro benzene ring substituents is 1. The van der Waals surface area contributed by atoms with Crippen LogP contribution in [0.1, 0.15) is 27.0 Å². The van der Waals surface area contributed by atoms with Gasteiger partial charge in [-0.1, -0.05) is 35.3 Å². The first-order valence-corrected chi connectivity index (χ1v) is 9.85. The van der Waals surface area contributed by atoms with E-state index in [0.29, 0.717) is 21.7 Å². The fourth-order valence-corrected chi connectivity index (χ4v) is 3.40. The van der Waals surface area contributed by atoms with E-state index in [4.69, 9.17) is 33.0 Å². The normalized spacial score (nSPS) is 11.0. The van der Waals surface area contributed by atoms with Gasteiger partial charge in [-0.2, -0.15) is 5.26 Å². The van der Waals surface area contributed by atoms with Gasteiger partial charge in [0.05, 0.1) is 27.2 Å². The summed E-state index contributed by atoms with van der Waals surface area (Å²) in [4.78, 5) is 21.3. The quantitative estimate of drug-likeness (QED) is 0.190. The molecule has 0 atom stereocenters. The molecule has 0 aliphatic heterocycles. The SMILES string of the molecule is N#C/C(=C\c1cc(Cl)cc(Cl)c1OCc1ccc(C(=O)O)cc1)c1ccc([N+](=O)[O-])cc1. The van der Waals surface area contributed by atoms with Crippen LogP contribution in [0.2, 0.25) is 10.0 Å². The molecule has 0 aromatic heterocycles. The van der Waals surface area contributed by atoms with E-state index in [2.05, 4.69) is 6.07 Å². The first-order valence-electron chi connectivity index (χ1n) is 9.09. The number of hydrogen-bond donors (Lipinski definition) is 1. The fraction of sp³-hybridized carbons (Fsp3) is 0.0435. The van der Waals surface area contributed by atoms with Gasteiger partial charge in [-0.3, -0.25) is 10.1 Å². The van der Waals surface area contributed by atoms with Gasteiger partial charge in [0.1, 0.15) is 12.4 Å². The molecule has 0 saturated heterocycles. The second-order valence-corrected chi connectivity index (χ2v) is 7.41. The van der Waals surface area contributed by atoms with Crippen LogP contribution in [0, 0.1) is 21.4 Å². The molecule has 0 saturated carbocycles. The molecule has 0 unspecified atom stereocenters. The number of carboxylic acids is 1. The molecule has 32 heavy (non-hydrogen) atoms. The summed E-state index contributed by atoms with van der Waals surface area (Å²) in [6.07, 6.45) is 1.53. The van der Waals surface area contributed by atoms with Gasteiger partial charge in [0.15, 0.2) is 0 Å². The van der Waals surface area contributed by atoms with E-state index in [9.17, 15) is 20.2 Å². The molecular formula is C23H14Cl2N2O5. The molecule has 0 fully saturated rings. The van der Waals surface area contributed by atoms with Crippen molar-refractivity contribution in [2.24, 2.45) is 0 Å². The average molecular weight is 469 g/mol. The van der Waals surface area contributed by atoms with Crippen LogP contribution in [0.3, 0.4) is 0 Å². The number of carbonyl (C=O) groups is 1. The van der Waals surface area contributed by atoms with Gasteiger partial charge in [0.2, 0.25) is 0 Å². The number of hydrogen-bond acceptors (Lipinski definition) is 5. The summed E-state index contributed by atoms with van der Waals surface area (Å²) in [6, 6.07) is 16.9. The van der Waals surface area contributed by atoms with Crippen molar-refractivity contribution in [3.63, 3.8) is 0 Å². The lowest BCUT2D eigenvalue weighted by Crippen LogP contribution is -2.00. The molecule has 0 radical (unpaired) electrons. The Morgan fingerprint density at radius 1 is 1.09 bits per heavy atom. The smallest absolute Gasteiger partial charge is 0.335 e. The first-order chi connectivity index (χ1) is 15.3. The standard InChI is InChI=1S/C23H14Cl2N2O5/c24-19-10-17(9-18(12-26)15-5-7-20(8-6-15)27(30)31)22(21(25)11-19)32-13-14-1-3-16(4-2-14)23(28)29/h1-11H,13H2,(H,28,29)/b18-9+. The number of nitro groups is 1. The number of nitro benzene ring substituents is 1. The van der Waals surface area contributed by atoms with Crippen molar-refractivity contribution in [3.8, 4) is 11.8 Å². The third-order valence-electron chi connectivity index (χ3n) is 4.43. The van der Waals surface area contributed by atoms with Crippen molar-refractivity contribution in [1.82, 2.24) is 0 Å². The van der Waals surface area contributed by atoms with Crippen LogP contribution in [-0.2, 0) is 6.61 Å². The minimum Gasteiger partial charge on any atom is -0.487 e. The van der Waals surface area contributed by atoms with E-state index < -0.39 is 10.9 Å². The lowest BCUT2D eigenvalue weighted by molar-refractivity contribution is -0.384. The molecule has 0 bridgehead atoms. The zero-order valence-corrected chi connectivity index (χ0v) is 17.8. The van der Waals surface area contributed by atoms with E-state index in [0.717, 1.165) is 0 Å². The van der Waals surface area contributed by atoms with Crippen LogP contribution in [0.25, 0.3) is 11.6 Å². The van der Waals surface area contributed by atoms with Crippen LogP contribution in [0.4, 0.5) is 5.69 Å². The molecule has 9 heteroatoms. The van der Waals surface area contributed by atoms with Crippen molar-refractivity contribution in [2.45, 2.75) is 6.61 Å². The second-order valence-electron chi connectivity index (χ2n) is 6.57. The Balaban J connectivity index is 1.92. The minimum atomic E-state index is -1.03. The predicted octanol–water partition coefficient (Wildman–Crippen LogP) is 6.24. The van der Waals surface area contributed by atoms with E-state index >= 15 is 0 Å². The molecule has 3 aromatic carbocycles. The second kappa shape index (κ2) is 9.96. The maximum Gasteiger partial charge on any atom is 0.335 e. The van der Waals surface area contributed by atoms with Crippen molar-refractivity contribution < 1.29 is 19.6 Å². The Morgan fingerprint density at radius 3 is 2.28 bits per heavy atom. The van der Waals surface area contributed by atoms with Crippen molar-refractivity contribution >= 4 is 46.5 Å². The zero-order valence-electron chi connectivity index (χ0n) is 16.3. The van der Waals surface area contributed by atoms with Crippen LogP contribution >= 0.6 is 23.2 Å². The molecule has 0 aliphatic carbocycles. The Hall–Kier alpha value is -3.86. The summed E-state index contributed by atoms with van der Waals surface area (Å²) in [5.41, 5.74) is 1.93. The predicted molar refractivity (Wildman–Crippen MR) is 121 cm³/mol. The molecule has 0 aliphatic rings. The topological polar surface area (TPSA) is 113 Å². The Bertz CT molecular complexity index is 1250. The van der Waals surface area contributed by atoms with Crippen molar-refractivity contribution in [2.75, 3.05) is 0 Å². The summed E-state index contributed by atoms with van der Waals surface area (Å²) < 4.78 is 5.86. The molecular weight excluding hydrogens is 455 g/mol. The lowest BCUT2D eigenvalue weighted by atomic mass is 10.0. The van der Waals surface area contributed by atoms with E-state index in [1.54, 1.807) is 18.2 Å². The maximum atomic E-state index is 11.0. The number of ether oxygens (including phenoxy) is 1. The number of allylic oxidation sites excluding steroid dienone is 1. The number of rotatable bonds is 7. The van der Waals surface area contributed by atoms with E-state index in [1.807, 2.05) is 0 Å². The molecule has 7 nitrogen and oxygen atoms in total. The maximum absolute atomic E-state index is 11.0. The summed E-state index contributed by atoms with van der Waals surface area (Å²) in [5, 5.41) is 30.0. The van der Waals surface area contributed by atoms with Crippen molar-refractivity contribution in [3.05, 3.63) is 103 Å². The van der Waals surface area contributed by atoms with Gasteiger partial charge < -0.3 is 9.84 Å². The van der Waals surface area contributed by atoms with Gasteiger partial charge in [-0.15, -0.1) is 0 Å². The molecule has 0 spiro atoms. The fourth-order valence-electron chi connectivity index (χ4n) is 2.84. The summed E-state index contributed by atoms with van der Waals surface area (Å²) >= 11 is 12.5. The Kier molecular flexibility index (Phi) is 7.11. The summed E-state index contributed by atoms with van der Waals surface area (Å²) in [5.74, 6) is -0.742. The first kappa shape index (κ1) is 22.8. The van der Waals surface area contributed by atoms with E-state index in [-0.39, 0.29) is 34.2 Å². The lowest BCUT2D eigenvalue weighted by Gasteiger charge is -2.13. The van der Waals surface area contributed by atoms with Crippen LogP contribution in [0.15, 0.2) is 60.7 Å². The highest BCUT2D eigenvalue weighted by atomic mass is 35.5. The highest BCUT2D eigenvalue weighted by molar-refractivity contribution is 6.36. The molecule has 1 N–H and O–H groups in total. The van der Waals surface area contributed by atoms with Crippen molar-refractivity contribution in [1.29, 1.82) is 5.26 Å². The van der Waals surface area contributed by atoms with Gasteiger partial charge in [0.25, 0.3) is 5.69 Å². The third kappa shape index (κ3) is 5.43. The number of nitrogens with zero attached hydrogens (tertiary/aromatic N) is 2. The highest BCUT2D eigenvalue weighted by Crippen LogP contribution is 2.35. The number of aromatic carboxylic acids is 1. The average Bonchev–Trinajstić information content (AvgIpc) is 2.77. The molecule has 3 aromatic rings. The van der Waals surface area contributed by atoms with Crippen LogP contribution < -0.4 is 4.74 Å². The largest absolute Gasteiger partial charge is 0.487 e. The van der Waals surface area contributed by atoms with E-state index in [1.165, 1.54) is 48.5 Å². The third-order valence-corrected chi connectivity index (χ3v) is 4.93. The number of halogens is 2. The highest BCUT2D eigenvalue weighted by Gasteiger charge is 2.13. The van der Waals surface area contributed by atoms with Gasteiger partial charge in [0, 0.05) is 22.7 Å². The van der Waals surface area contributed by atoms with Gasteiger partial charge >= 0.3 is 5.97 Å². The summed E-state index contributed by atoms with van der Waals surface area (Å²) in [6.45, 7) is 0.0987. The van der Waals surface area contributed by atoms with Gasteiger partial charge in [-0.05, 0) is 53.6 Å². The van der Waals surface area contributed by atoms with Gasteiger partial charge in [-0.25, -0.2) is 4.79 Å². The van der Waals surface area contributed by atoms with Crippen LogP contribution in [0.5, 0.6) is 5.75 Å². The van der Waals surface area contributed by atoms with Crippen LogP contribution in [-0.4, -0.2) is 16.0 Å².